The number of nitrogens with zero attached hydrogens (tertiary/aromatic N) is 3. The van der Waals surface area contributed by atoms with E-state index in [0.29, 0.717) is 5.39 Å². The summed E-state index contributed by atoms with van der Waals surface area (Å²) in [5, 5.41) is 12.1. The second-order valence-electron chi connectivity index (χ2n) is 4.26. The van der Waals surface area contributed by atoms with Crippen LogP contribution in [0.25, 0.3) is 10.9 Å². The van der Waals surface area contributed by atoms with Crippen molar-refractivity contribution >= 4 is 16.9 Å². The maximum atomic E-state index is 11.7. The van der Waals surface area contributed by atoms with Crippen LogP contribution in [0.5, 0.6) is 11.5 Å². The summed E-state index contributed by atoms with van der Waals surface area (Å²) < 4.78 is 5.18. The highest BCUT2D eigenvalue weighted by molar-refractivity contribution is 5.91. The predicted octanol–water partition coefficient (Wildman–Crippen LogP) is 2.19. The maximum absolute atomic E-state index is 11.7. The molecule has 2 aromatic rings. The summed E-state index contributed by atoms with van der Waals surface area (Å²) in [6.07, 6.45) is 1.73. The van der Waals surface area contributed by atoms with Gasteiger partial charge in [0.15, 0.2) is 11.1 Å². The molecular weight excluding hydrogens is 310 g/mol. The Bertz CT molecular complexity index is 735. The molecule has 120 valence electrons. The number of fused-ring (bicyclic) bond motifs is 1. The Morgan fingerprint density at radius 3 is 2.83 bits per heavy atom. The molecule has 0 aliphatic rings. The molecular formula is C13H11N3O7. The van der Waals surface area contributed by atoms with E-state index >= 15 is 0 Å². The second kappa shape index (κ2) is 7.64. The normalized spacial score (nSPS) is 10.1. The van der Waals surface area contributed by atoms with Crippen molar-refractivity contribution in [1.82, 2.24) is 4.98 Å². The van der Waals surface area contributed by atoms with Gasteiger partial charge in [-0.25, -0.2) is 0 Å². The first-order chi connectivity index (χ1) is 11.1. The predicted molar refractivity (Wildman–Crippen MR) is 76.0 cm³/mol. The average Bonchev–Trinajstić information content (AvgIpc) is 2.53. The summed E-state index contributed by atoms with van der Waals surface area (Å²) in [6.45, 7) is 0.00715. The standard InChI is InChI=1S/C13H11N3O7/c17-12(4-2-8-21-15-18)22-11-6-5-10(23-16(19)20)9-3-1-7-14-13(9)11/h1,3,5-7H,2,4,8H2. The van der Waals surface area contributed by atoms with Gasteiger partial charge >= 0.3 is 5.97 Å². The first-order valence-corrected chi connectivity index (χ1v) is 6.47. The molecule has 2 rings (SSSR count). The van der Waals surface area contributed by atoms with Gasteiger partial charge in [0, 0.05) is 18.0 Å². The number of ether oxygens (including phenoxy) is 1. The summed E-state index contributed by atoms with van der Waals surface area (Å²) in [5.74, 6) is -0.423. The number of hydrogen-bond donors (Lipinski definition) is 0. The number of rotatable bonds is 8. The van der Waals surface area contributed by atoms with Gasteiger partial charge in [-0.2, -0.15) is 0 Å². The Morgan fingerprint density at radius 2 is 2.09 bits per heavy atom. The van der Waals surface area contributed by atoms with Crippen molar-refractivity contribution < 1.29 is 24.3 Å². The molecule has 0 radical (unpaired) electrons. The highest BCUT2D eigenvalue weighted by Gasteiger charge is 2.13. The van der Waals surface area contributed by atoms with Gasteiger partial charge in [0.2, 0.25) is 0 Å². The zero-order valence-electron chi connectivity index (χ0n) is 11.7. The van der Waals surface area contributed by atoms with E-state index in [1.807, 2.05) is 0 Å². The van der Waals surface area contributed by atoms with E-state index in [2.05, 4.69) is 20.0 Å². The average molecular weight is 321 g/mol. The van der Waals surface area contributed by atoms with E-state index in [9.17, 15) is 19.8 Å². The quantitative estimate of drug-likeness (QED) is 0.180. The molecule has 0 aliphatic carbocycles. The molecule has 10 heteroatoms. The molecule has 0 saturated heterocycles. The Hall–Kier alpha value is -3.30. The van der Waals surface area contributed by atoms with E-state index < -0.39 is 11.1 Å². The van der Waals surface area contributed by atoms with Crippen molar-refractivity contribution in [2.75, 3.05) is 6.61 Å². The van der Waals surface area contributed by atoms with Crippen LogP contribution in [0.3, 0.4) is 0 Å². The van der Waals surface area contributed by atoms with Crippen molar-refractivity contribution in [1.29, 1.82) is 0 Å². The van der Waals surface area contributed by atoms with Crippen LogP contribution in [0, 0.1) is 15.0 Å². The van der Waals surface area contributed by atoms with E-state index in [4.69, 9.17) is 4.74 Å². The number of aromatic nitrogens is 1. The maximum Gasteiger partial charge on any atom is 0.311 e. The zero-order chi connectivity index (χ0) is 16.7. The van der Waals surface area contributed by atoms with Crippen LogP contribution in [-0.2, 0) is 9.63 Å². The van der Waals surface area contributed by atoms with Gasteiger partial charge in [0.05, 0.1) is 0 Å². The largest absolute Gasteiger partial charge is 0.424 e. The van der Waals surface area contributed by atoms with E-state index in [1.165, 1.54) is 18.3 Å². The van der Waals surface area contributed by atoms with Crippen LogP contribution in [0.15, 0.2) is 35.8 Å². The zero-order valence-corrected chi connectivity index (χ0v) is 11.7. The van der Waals surface area contributed by atoms with E-state index in [0.717, 1.165) is 0 Å². The lowest BCUT2D eigenvalue weighted by molar-refractivity contribution is -0.710. The molecule has 0 aliphatic heterocycles. The Labute approximate surface area is 129 Å². The van der Waals surface area contributed by atoms with Gasteiger partial charge in [-0.3, -0.25) is 14.6 Å². The third kappa shape index (κ3) is 4.33. The molecule has 0 spiro atoms. The van der Waals surface area contributed by atoms with Crippen LogP contribution in [0.2, 0.25) is 0 Å². The highest BCUT2D eigenvalue weighted by atomic mass is 17.0. The molecule has 0 unspecified atom stereocenters. The lowest BCUT2D eigenvalue weighted by Gasteiger charge is -2.09. The van der Waals surface area contributed by atoms with E-state index in [1.54, 1.807) is 12.1 Å². The van der Waals surface area contributed by atoms with Gasteiger partial charge in [-0.15, -0.1) is 15.0 Å². The Morgan fingerprint density at radius 1 is 1.30 bits per heavy atom. The molecule has 0 fully saturated rings. The summed E-state index contributed by atoms with van der Waals surface area (Å²) in [6, 6.07) is 5.80. The molecule has 23 heavy (non-hydrogen) atoms. The molecule has 10 nitrogen and oxygen atoms in total. The summed E-state index contributed by atoms with van der Waals surface area (Å²) in [4.78, 5) is 44.7. The van der Waals surface area contributed by atoms with Crippen LogP contribution in [-0.4, -0.2) is 22.6 Å². The molecule has 0 amide bonds. The Balaban J connectivity index is 2.16. The van der Waals surface area contributed by atoms with Crippen molar-refractivity contribution in [2.45, 2.75) is 12.8 Å². The summed E-state index contributed by atoms with van der Waals surface area (Å²) in [5.41, 5.74) is 0.256. The molecule has 1 heterocycles. The molecule has 1 aromatic carbocycles. The minimum Gasteiger partial charge on any atom is -0.424 e. The number of esters is 1. The topological polar surface area (TPSA) is 130 Å². The van der Waals surface area contributed by atoms with Crippen LogP contribution in [0.4, 0.5) is 0 Å². The van der Waals surface area contributed by atoms with Gasteiger partial charge in [0.1, 0.15) is 17.9 Å². The fourth-order valence-electron chi connectivity index (χ4n) is 1.85. The fourth-order valence-corrected chi connectivity index (χ4v) is 1.85. The van der Waals surface area contributed by atoms with Crippen LogP contribution < -0.4 is 9.57 Å². The number of hydrogen-bond acceptors (Lipinski definition) is 9. The highest BCUT2D eigenvalue weighted by Crippen LogP contribution is 2.31. The van der Waals surface area contributed by atoms with Crippen LogP contribution in [0.1, 0.15) is 12.8 Å². The van der Waals surface area contributed by atoms with Crippen LogP contribution >= 0.6 is 0 Å². The molecule has 0 saturated carbocycles. The first kappa shape index (κ1) is 16.1. The number of carbonyl (C=O) groups excluding carboxylic acids is 1. The fraction of sp³-hybridized carbons (Fsp3) is 0.231. The smallest absolute Gasteiger partial charge is 0.311 e. The lowest BCUT2D eigenvalue weighted by Crippen LogP contribution is -2.10. The van der Waals surface area contributed by atoms with E-state index in [-0.39, 0.29) is 36.5 Å². The minimum absolute atomic E-state index is 0.00715. The molecule has 0 N–H and O–H groups in total. The third-order valence-corrected chi connectivity index (χ3v) is 2.76. The Kier molecular flexibility index (Phi) is 5.34. The lowest BCUT2D eigenvalue weighted by atomic mass is 10.2. The number of carbonyl (C=O) groups is 1. The third-order valence-electron chi connectivity index (χ3n) is 2.76. The van der Waals surface area contributed by atoms with Gasteiger partial charge in [-0.05, 0) is 30.7 Å². The molecule has 1 aromatic heterocycles. The van der Waals surface area contributed by atoms with Gasteiger partial charge < -0.3 is 9.57 Å². The summed E-state index contributed by atoms with van der Waals surface area (Å²) >= 11 is 0. The number of pyridine rings is 1. The monoisotopic (exact) mass is 321 g/mol. The van der Waals surface area contributed by atoms with Crippen molar-refractivity contribution in [3.05, 3.63) is 45.5 Å². The SMILES string of the molecule is O=NOCCCC(=O)Oc1ccc(O[N+](=O)[O-])c2cccnc12. The first-order valence-electron chi connectivity index (χ1n) is 6.47. The van der Waals surface area contributed by atoms with Gasteiger partial charge in [-0.1, -0.05) is 0 Å². The number of benzene rings is 1. The molecule has 0 bridgehead atoms. The molecule has 0 atom stereocenters. The minimum atomic E-state index is -0.936. The van der Waals surface area contributed by atoms with Crippen molar-refractivity contribution in [3.63, 3.8) is 0 Å². The summed E-state index contributed by atoms with van der Waals surface area (Å²) in [7, 11) is 0. The van der Waals surface area contributed by atoms with Crippen molar-refractivity contribution in [2.24, 2.45) is 5.34 Å². The van der Waals surface area contributed by atoms with Gasteiger partial charge in [0.25, 0.3) is 5.09 Å². The second-order valence-corrected chi connectivity index (χ2v) is 4.26. The van der Waals surface area contributed by atoms with Crippen molar-refractivity contribution in [3.8, 4) is 11.5 Å².